The molecule has 0 aliphatic carbocycles. The number of aryl methyl sites for hydroxylation is 1. The highest BCUT2D eigenvalue weighted by molar-refractivity contribution is 4.67. The second kappa shape index (κ2) is 27.7. The summed E-state index contributed by atoms with van der Waals surface area (Å²) in [4.78, 5) is 0. The van der Waals surface area contributed by atoms with Crippen LogP contribution in [0.1, 0.15) is 187 Å². The van der Waals surface area contributed by atoms with Crippen molar-refractivity contribution >= 4 is 0 Å². The van der Waals surface area contributed by atoms with Crippen molar-refractivity contribution in [3.63, 3.8) is 0 Å². The number of hydrogen-bond acceptors (Lipinski definition) is 1. The molecule has 1 heterocycles. The molecule has 0 amide bonds. The Hall–Kier alpha value is -0.830. The topological polar surface area (TPSA) is 29.0 Å². The highest BCUT2D eigenvalue weighted by Gasteiger charge is 2.10. The van der Waals surface area contributed by atoms with E-state index in [0.29, 0.717) is 0 Å². The second-order valence-corrected chi connectivity index (χ2v) is 12.3. The highest BCUT2D eigenvalue weighted by atomic mass is 16.3. The SMILES string of the molecule is CCCCCCCCCCCCCCCCn1cc[n+](CC(O)CCCCCCCCCCCCCC)c1. The van der Waals surface area contributed by atoms with E-state index in [4.69, 9.17) is 0 Å². The fourth-order valence-corrected chi connectivity index (χ4v) is 5.72. The molecule has 1 unspecified atom stereocenters. The molecule has 3 nitrogen and oxygen atoms in total. The lowest BCUT2D eigenvalue weighted by molar-refractivity contribution is -0.703. The number of unbranched alkanes of at least 4 members (excludes halogenated alkanes) is 24. The van der Waals surface area contributed by atoms with Crippen molar-refractivity contribution in [3.05, 3.63) is 18.7 Å². The van der Waals surface area contributed by atoms with Crippen LogP contribution in [0.5, 0.6) is 0 Å². The molecular formula is C35H69N2O+. The molecule has 0 spiro atoms. The van der Waals surface area contributed by atoms with Crippen molar-refractivity contribution < 1.29 is 9.67 Å². The zero-order valence-electron chi connectivity index (χ0n) is 26.2. The van der Waals surface area contributed by atoms with E-state index in [0.717, 1.165) is 19.5 Å². The summed E-state index contributed by atoms with van der Waals surface area (Å²) in [6, 6.07) is 0. The maximum Gasteiger partial charge on any atom is 0.243 e. The lowest BCUT2D eigenvalue weighted by Gasteiger charge is -2.08. The molecule has 0 aromatic carbocycles. The molecule has 1 rings (SSSR count). The molecule has 0 aliphatic heterocycles. The first kappa shape index (κ1) is 35.2. The predicted molar refractivity (Wildman–Crippen MR) is 167 cm³/mol. The Morgan fingerprint density at radius 3 is 1.32 bits per heavy atom. The monoisotopic (exact) mass is 534 g/mol. The Kier molecular flexibility index (Phi) is 25.7. The van der Waals surface area contributed by atoms with Gasteiger partial charge in [0.15, 0.2) is 0 Å². The van der Waals surface area contributed by atoms with Gasteiger partial charge in [-0.05, 0) is 19.3 Å². The zero-order valence-corrected chi connectivity index (χ0v) is 26.2. The number of rotatable bonds is 30. The largest absolute Gasteiger partial charge is 0.389 e. The second-order valence-electron chi connectivity index (χ2n) is 12.3. The minimum atomic E-state index is -0.208. The van der Waals surface area contributed by atoms with Crippen LogP contribution in [-0.4, -0.2) is 15.8 Å². The molecular weight excluding hydrogens is 464 g/mol. The smallest absolute Gasteiger partial charge is 0.243 e. The highest BCUT2D eigenvalue weighted by Crippen LogP contribution is 2.14. The zero-order chi connectivity index (χ0) is 27.4. The standard InChI is InChI=1S/C35H69N2O/c1-3-5-7-9-11-13-15-17-18-20-22-24-26-28-30-36-31-32-37(34-36)33-35(38)29-27-25-23-21-19-16-14-12-10-8-6-4-2/h31-32,34-35,38H,3-30,33H2,1-2H3/q+1. The van der Waals surface area contributed by atoms with Crippen LogP contribution in [0.15, 0.2) is 18.7 Å². The maximum absolute atomic E-state index is 10.5. The average Bonchev–Trinajstić information content (AvgIpc) is 3.36. The minimum absolute atomic E-state index is 0.208. The molecule has 0 radical (unpaired) electrons. The average molecular weight is 534 g/mol. The number of aromatic nitrogens is 2. The van der Waals surface area contributed by atoms with Gasteiger partial charge in [-0.15, -0.1) is 0 Å². The van der Waals surface area contributed by atoms with Gasteiger partial charge in [0.05, 0.1) is 12.6 Å². The summed E-state index contributed by atoms with van der Waals surface area (Å²) in [5, 5.41) is 10.5. The van der Waals surface area contributed by atoms with Crippen LogP contribution < -0.4 is 4.57 Å². The molecule has 0 bridgehead atoms. The molecule has 1 N–H and O–H groups in total. The van der Waals surface area contributed by atoms with E-state index in [1.807, 2.05) is 0 Å². The number of aliphatic hydroxyl groups is 1. The summed E-state index contributed by atoms with van der Waals surface area (Å²) in [7, 11) is 0. The molecule has 0 saturated heterocycles. The van der Waals surface area contributed by atoms with Gasteiger partial charge < -0.3 is 5.11 Å². The van der Waals surface area contributed by atoms with Gasteiger partial charge in [0.25, 0.3) is 0 Å². The summed E-state index contributed by atoms with van der Waals surface area (Å²) >= 11 is 0. The van der Waals surface area contributed by atoms with Crippen LogP contribution in [0.2, 0.25) is 0 Å². The molecule has 0 saturated carbocycles. The summed E-state index contributed by atoms with van der Waals surface area (Å²) in [6.07, 6.45) is 43.5. The van der Waals surface area contributed by atoms with Crippen LogP contribution in [0.4, 0.5) is 0 Å². The quantitative estimate of drug-likeness (QED) is 0.0773. The van der Waals surface area contributed by atoms with E-state index >= 15 is 0 Å². The van der Waals surface area contributed by atoms with Crippen LogP contribution in [0.3, 0.4) is 0 Å². The van der Waals surface area contributed by atoms with Crippen molar-refractivity contribution in [3.8, 4) is 0 Å². The molecule has 0 aliphatic rings. The summed E-state index contributed by atoms with van der Waals surface area (Å²) in [5.74, 6) is 0. The Balaban J connectivity index is 1.88. The summed E-state index contributed by atoms with van der Waals surface area (Å²) in [5.41, 5.74) is 0. The predicted octanol–water partition coefficient (Wildman–Crippen LogP) is 10.7. The van der Waals surface area contributed by atoms with E-state index in [2.05, 4.69) is 41.7 Å². The maximum atomic E-state index is 10.5. The number of aliphatic hydroxyl groups excluding tert-OH is 1. The number of imidazole rings is 1. The third-order valence-electron chi connectivity index (χ3n) is 8.33. The van der Waals surface area contributed by atoms with Gasteiger partial charge in [0, 0.05) is 0 Å². The molecule has 1 aromatic heterocycles. The van der Waals surface area contributed by atoms with E-state index in [1.165, 1.54) is 167 Å². The lowest BCUT2D eigenvalue weighted by Crippen LogP contribution is -2.38. The summed E-state index contributed by atoms with van der Waals surface area (Å²) < 4.78 is 4.48. The summed E-state index contributed by atoms with van der Waals surface area (Å²) in [6.45, 7) is 6.43. The first-order valence-electron chi connectivity index (χ1n) is 17.5. The number of hydrogen-bond donors (Lipinski definition) is 1. The van der Waals surface area contributed by atoms with Crippen LogP contribution in [0, 0.1) is 0 Å². The fourth-order valence-electron chi connectivity index (χ4n) is 5.72. The van der Waals surface area contributed by atoms with Gasteiger partial charge in [-0.3, -0.25) is 0 Å². The Labute approximate surface area is 239 Å². The van der Waals surface area contributed by atoms with Crippen LogP contribution in [-0.2, 0) is 13.1 Å². The Morgan fingerprint density at radius 1 is 0.526 bits per heavy atom. The first-order valence-corrected chi connectivity index (χ1v) is 17.5. The van der Waals surface area contributed by atoms with E-state index in [1.54, 1.807) is 0 Å². The van der Waals surface area contributed by atoms with E-state index < -0.39 is 0 Å². The molecule has 1 aromatic rings. The van der Waals surface area contributed by atoms with Crippen LogP contribution >= 0.6 is 0 Å². The van der Waals surface area contributed by atoms with Crippen molar-refractivity contribution in [1.29, 1.82) is 0 Å². The van der Waals surface area contributed by atoms with Gasteiger partial charge in [-0.2, -0.15) is 0 Å². The van der Waals surface area contributed by atoms with Gasteiger partial charge in [0.2, 0.25) is 6.33 Å². The Morgan fingerprint density at radius 2 is 0.895 bits per heavy atom. The van der Waals surface area contributed by atoms with Gasteiger partial charge in [-0.1, -0.05) is 168 Å². The minimum Gasteiger partial charge on any atom is -0.389 e. The van der Waals surface area contributed by atoms with Gasteiger partial charge >= 0.3 is 0 Å². The molecule has 224 valence electrons. The van der Waals surface area contributed by atoms with E-state index in [9.17, 15) is 5.11 Å². The molecule has 3 heteroatoms. The third kappa shape index (κ3) is 23.1. The van der Waals surface area contributed by atoms with Crippen molar-refractivity contribution in [1.82, 2.24) is 4.57 Å². The van der Waals surface area contributed by atoms with Crippen molar-refractivity contribution in [2.75, 3.05) is 0 Å². The van der Waals surface area contributed by atoms with Crippen molar-refractivity contribution in [2.45, 2.75) is 206 Å². The fraction of sp³-hybridized carbons (Fsp3) is 0.914. The third-order valence-corrected chi connectivity index (χ3v) is 8.33. The number of nitrogens with zero attached hydrogens (tertiary/aromatic N) is 2. The Bertz CT molecular complexity index is 584. The van der Waals surface area contributed by atoms with Crippen LogP contribution in [0.25, 0.3) is 0 Å². The molecule has 0 fully saturated rings. The molecule has 38 heavy (non-hydrogen) atoms. The van der Waals surface area contributed by atoms with E-state index in [-0.39, 0.29) is 6.10 Å². The first-order chi connectivity index (χ1) is 18.8. The lowest BCUT2D eigenvalue weighted by atomic mass is 10.0. The van der Waals surface area contributed by atoms with Gasteiger partial charge in [-0.25, -0.2) is 9.13 Å². The normalized spacial score (nSPS) is 12.4. The van der Waals surface area contributed by atoms with Crippen molar-refractivity contribution in [2.24, 2.45) is 0 Å². The molecule has 1 atom stereocenters. The van der Waals surface area contributed by atoms with Gasteiger partial charge in [0.1, 0.15) is 18.9 Å².